The number of hydrogen-bond donors (Lipinski definition) is 2. The summed E-state index contributed by atoms with van der Waals surface area (Å²) in [4.78, 5) is 11.1. The van der Waals surface area contributed by atoms with Crippen molar-refractivity contribution >= 4 is 18.3 Å². The maximum absolute atomic E-state index is 11.1. The molecule has 0 saturated carbocycles. The van der Waals surface area contributed by atoms with Gasteiger partial charge in [-0.15, -0.1) is 12.4 Å². The minimum Gasteiger partial charge on any atom is -0.337 e. The minimum atomic E-state index is -0.146. The quantitative estimate of drug-likeness (QED) is 0.604. The van der Waals surface area contributed by atoms with Crippen LogP contribution in [0.1, 0.15) is 18.9 Å². The Bertz CT molecular complexity index is 341. The smallest absolute Gasteiger partial charge is 0.244 e. The van der Waals surface area contributed by atoms with E-state index in [1.54, 1.807) is 0 Å². The zero-order chi connectivity index (χ0) is 11.8. The maximum Gasteiger partial charge on any atom is 0.244 e. The van der Waals surface area contributed by atoms with E-state index in [9.17, 15) is 4.79 Å². The molecule has 0 spiro atoms. The van der Waals surface area contributed by atoms with Gasteiger partial charge in [-0.25, -0.2) is 0 Å². The molecule has 0 saturated heterocycles. The van der Waals surface area contributed by atoms with Gasteiger partial charge in [0.25, 0.3) is 0 Å². The van der Waals surface area contributed by atoms with Gasteiger partial charge < -0.3 is 5.32 Å². The Hall–Kier alpha value is -1.32. The van der Waals surface area contributed by atoms with E-state index in [1.165, 1.54) is 11.6 Å². The highest BCUT2D eigenvalue weighted by molar-refractivity contribution is 5.87. The van der Waals surface area contributed by atoms with Crippen molar-refractivity contribution in [2.45, 2.75) is 26.1 Å². The van der Waals surface area contributed by atoms with Crippen LogP contribution in [0, 0.1) is 0 Å². The zero-order valence-electron chi connectivity index (χ0n) is 9.98. The summed E-state index contributed by atoms with van der Waals surface area (Å²) in [5, 5.41) is 6.09. The largest absolute Gasteiger partial charge is 0.337 e. The normalized spacial score (nSPS) is 11.1. The van der Waals surface area contributed by atoms with Crippen molar-refractivity contribution < 1.29 is 4.79 Å². The third-order valence-corrected chi connectivity index (χ3v) is 2.31. The van der Waals surface area contributed by atoms with Gasteiger partial charge in [0.05, 0.1) is 6.17 Å². The van der Waals surface area contributed by atoms with Gasteiger partial charge in [0.15, 0.2) is 0 Å². The Morgan fingerprint density at radius 1 is 1.41 bits per heavy atom. The summed E-state index contributed by atoms with van der Waals surface area (Å²) in [5.74, 6) is -0.146. The Morgan fingerprint density at radius 2 is 2.06 bits per heavy atom. The summed E-state index contributed by atoms with van der Waals surface area (Å²) in [6, 6.07) is 10.1. The number of benzene rings is 1. The van der Waals surface area contributed by atoms with Gasteiger partial charge in [-0.3, -0.25) is 10.1 Å². The van der Waals surface area contributed by atoms with Gasteiger partial charge in [-0.1, -0.05) is 43.8 Å². The number of halogens is 1. The molecule has 0 radical (unpaired) electrons. The van der Waals surface area contributed by atoms with Gasteiger partial charge in [0, 0.05) is 6.54 Å². The van der Waals surface area contributed by atoms with Gasteiger partial charge >= 0.3 is 0 Å². The molecule has 4 heteroatoms. The summed E-state index contributed by atoms with van der Waals surface area (Å²) in [6.45, 7) is 6.19. The van der Waals surface area contributed by atoms with E-state index < -0.39 is 0 Å². The molecule has 1 unspecified atom stereocenters. The molecular formula is C13H19ClN2O. The van der Waals surface area contributed by atoms with Crippen LogP contribution in [0.15, 0.2) is 43.0 Å². The van der Waals surface area contributed by atoms with E-state index in [-0.39, 0.29) is 24.5 Å². The zero-order valence-corrected chi connectivity index (χ0v) is 10.8. The van der Waals surface area contributed by atoms with Gasteiger partial charge in [-0.05, 0) is 18.1 Å². The topological polar surface area (TPSA) is 41.1 Å². The second-order valence-electron chi connectivity index (χ2n) is 3.54. The fourth-order valence-electron chi connectivity index (χ4n) is 1.36. The summed E-state index contributed by atoms with van der Waals surface area (Å²) in [5.41, 5.74) is 1.20. The molecule has 0 heterocycles. The molecule has 0 aliphatic heterocycles. The lowest BCUT2D eigenvalue weighted by atomic mass is 10.2. The van der Waals surface area contributed by atoms with E-state index >= 15 is 0 Å². The third kappa shape index (κ3) is 6.09. The van der Waals surface area contributed by atoms with Crippen LogP contribution in [0.5, 0.6) is 0 Å². The highest BCUT2D eigenvalue weighted by atomic mass is 35.5. The first-order valence-corrected chi connectivity index (χ1v) is 5.46. The second-order valence-corrected chi connectivity index (χ2v) is 3.54. The summed E-state index contributed by atoms with van der Waals surface area (Å²) in [7, 11) is 0. The Balaban J connectivity index is 0.00000256. The monoisotopic (exact) mass is 254 g/mol. The van der Waals surface area contributed by atoms with Crippen LogP contribution < -0.4 is 10.6 Å². The summed E-state index contributed by atoms with van der Waals surface area (Å²) >= 11 is 0. The van der Waals surface area contributed by atoms with Gasteiger partial charge in [0.1, 0.15) is 0 Å². The van der Waals surface area contributed by atoms with Gasteiger partial charge in [0.2, 0.25) is 5.91 Å². The van der Waals surface area contributed by atoms with Crippen LogP contribution in [-0.2, 0) is 11.3 Å². The molecule has 2 N–H and O–H groups in total. The average molecular weight is 255 g/mol. The Morgan fingerprint density at radius 3 is 2.59 bits per heavy atom. The number of nitrogens with one attached hydrogen (secondary N) is 2. The molecular weight excluding hydrogens is 236 g/mol. The van der Waals surface area contributed by atoms with Crippen LogP contribution in [-0.4, -0.2) is 12.1 Å². The fraction of sp³-hybridized carbons (Fsp3) is 0.308. The molecule has 0 aliphatic carbocycles. The van der Waals surface area contributed by atoms with E-state index in [0.717, 1.165) is 13.0 Å². The van der Waals surface area contributed by atoms with Crippen LogP contribution in [0.4, 0.5) is 0 Å². The van der Waals surface area contributed by atoms with Crippen molar-refractivity contribution in [2.75, 3.05) is 0 Å². The fourth-order valence-corrected chi connectivity index (χ4v) is 1.36. The molecule has 1 aromatic rings. The molecule has 0 aromatic heterocycles. The lowest BCUT2D eigenvalue weighted by molar-refractivity contribution is -0.117. The predicted octanol–water partition coefficient (Wildman–Crippen LogP) is 2.24. The van der Waals surface area contributed by atoms with E-state index in [0.29, 0.717) is 0 Å². The molecule has 1 amide bonds. The van der Waals surface area contributed by atoms with Gasteiger partial charge in [-0.2, -0.15) is 0 Å². The van der Waals surface area contributed by atoms with Crippen molar-refractivity contribution in [3.63, 3.8) is 0 Å². The van der Waals surface area contributed by atoms with Crippen molar-refractivity contribution in [1.29, 1.82) is 0 Å². The minimum absolute atomic E-state index is 0. The van der Waals surface area contributed by atoms with Crippen molar-refractivity contribution in [2.24, 2.45) is 0 Å². The summed E-state index contributed by atoms with van der Waals surface area (Å²) < 4.78 is 0. The highest BCUT2D eigenvalue weighted by Crippen LogP contribution is 1.98. The van der Waals surface area contributed by atoms with Crippen LogP contribution in [0.25, 0.3) is 0 Å². The molecule has 1 rings (SSSR count). The molecule has 1 aromatic carbocycles. The van der Waals surface area contributed by atoms with Crippen molar-refractivity contribution in [3.05, 3.63) is 48.6 Å². The lowest BCUT2D eigenvalue weighted by Gasteiger charge is -2.17. The number of hydrogen-bond acceptors (Lipinski definition) is 2. The number of carbonyl (C=O) groups is 1. The predicted molar refractivity (Wildman–Crippen MR) is 72.9 cm³/mol. The number of amides is 1. The third-order valence-electron chi connectivity index (χ3n) is 2.31. The molecule has 0 fully saturated rings. The van der Waals surface area contributed by atoms with Crippen molar-refractivity contribution in [1.82, 2.24) is 10.6 Å². The maximum atomic E-state index is 11.1. The molecule has 3 nitrogen and oxygen atoms in total. The lowest BCUT2D eigenvalue weighted by Crippen LogP contribution is -2.43. The first kappa shape index (κ1) is 15.7. The molecule has 1 atom stereocenters. The van der Waals surface area contributed by atoms with Crippen molar-refractivity contribution in [3.8, 4) is 0 Å². The first-order chi connectivity index (χ1) is 7.76. The highest BCUT2D eigenvalue weighted by Gasteiger charge is 2.06. The SMILES string of the molecule is C=CC(=O)NC(CC)NCc1ccccc1.Cl. The first-order valence-electron chi connectivity index (χ1n) is 5.46. The summed E-state index contributed by atoms with van der Waals surface area (Å²) in [6.07, 6.45) is 2.12. The second kappa shape index (κ2) is 8.79. The Labute approximate surface area is 109 Å². The molecule has 0 bridgehead atoms. The van der Waals surface area contributed by atoms with E-state index in [2.05, 4.69) is 29.3 Å². The Kier molecular flexibility index (Phi) is 8.11. The molecule has 94 valence electrons. The molecule has 17 heavy (non-hydrogen) atoms. The van der Waals surface area contributed by atoms with Crippen LogP contribution in [0.2, 0.25) is 0 Å². The molecule has 0 aliphatic rings. The number of rotatable bonds is 6. The standard InChI is InChI=1S/C13H18N2O.ClH/c1-3-12(15-13(16)4-2)14-10-11-8-6-5-7-9-11;/h4-9,12,14H,2-3,10H2,1H3,(H,15,16);1H. The number of carbonyl (C=O) groups excluding carboxylic acids is 1. The average Bonchev–Trinajstić information content (AvgIpc) is 2.35. The van der Waals surface area contributed by atoms with Crippen LogP contribution in [0.3, 0.4) is 0 Å². The van der Waals surface area contributed by atoms with Crippen LogP contribution >= 0.6 is 12.4 Å². The van der Waals surface area contributed by atoms with E-state index in [1.807, 2.05) is 25.1 Å². The van der Waals surface area contributed by atoms with E-state index in [4.69, 9.17) is 0 Å².